The smallest absolute Gasteiger partial charge is 0.326 e. The van der Waals surface area contributed by atoms with Crippen molar-refractivity contribution in [1.29, 1.82) is 0 Å². The van der Waals surface area contributed by atoms with E-state index < -0.39 is 30.4 Å². The Bertz CT molecular complexity index is 777. The molecule has 1 aromatic heterocycles. The van der Waals surface area contributed by atoms with E-state index in [1.54, 1.807) is 12.1 Å². The van der Waals surface area contributed by atoms with Crippen molar-refractivity contribution >= 4 is 46.7 Å². The van der Waals surface area contributed by atoms with Crippen LogP contribution in [-0.4, -0.2) is 30.4 Å². The molecule has 0 aliphatic heterocycles. The maximum atomic E-state index is 12.0. The summed E-state index contributed by atoms with van der Waals surface area (Å²) in [6, 6.07) is 7.55. The van der Waals surface area contributed by atoms with Gasteiger partial charge in [0.25, 0.3) is 11.8 Å². The standard InChI is InChI=1S/C16H14Cl2N2O5/c1-9(15(22)20-12-5-4-10(17)7-11(12)18)25-14(21)8-19-16(23)13-3-2-6-24-13/h2-7,9H,8H2,1H3,(H,19,23)(H,20,22)/t9-/m1/s1. The van der Waals surface area contributed by atoms with Crippen LogP contribution in [-0.2, 0) is 14.3 Å². The first-order valence-electron chi connectivity index (χ1n) is 7.14. The molecule has 2 aromatic rings. The highest BCUT2D eigenvalue weighted by Crippen LogP contribution is 2.25. The maximum Gasteiger partial charge on any atom is 0.326 e. The van der Waals surface area contributed by atoms with Crippen LogP contribution >= 0.6 is 23.2 Å². The summed E-state index contributed by atoms with van der Waals surface area (Å²) in [7, 11) is 0. The normalized spacial score (nSPS) is 11.5. The molecule has 0 saturated carbocycles. The van der Waals surface area contributed by atoms with E-state index in [2.05, 4.69) is 10.6 Å². The molecule has 132 valence electrons. The van der Waals surface area contributed by atoms with Gasteiger partial charge in [-0.3, -0.25) is 14.4 Å². The second kappa shape index (κ2) is 8.55. The zero-order chi connectivity index (χ0) is 18.4. The fraction of sp³-hybridized carbons (Fsp3) is 0.188. The minimum absolute atomic E-state index is 0.0657. The number of carbonyl (C=O) groups excluding carboxylic acids is 3. The maximum absolute atomic E-state index is 12.0. The van der Waals surface area contributed by atoms with Gasteiger partial charge in [-0.15, -0.1) is 0 Å². The molecule has 2 amide bonds. The molecule has 2 N–H and O–H groups in total. The third-order valence-electron chi connectivity index (χ3n) is 3.00. The van der Waals surface area contributed by atoms with Gasteiger partial charge in [0.1, 0.15) is 6.54 Å². The van der Waals surface area contributed by atoms with Crippen molar-refractivity contribution < 1.29 is 23.5 Å². The molecule has 7 nitrogen and oxygen atoms in total. The molecule has 0 aliphatic carbocycles. The van der Waals surface area contributed by atoms with Crippen LogP contribution in [0.5, 0.6) is 0 Å². The molecule has 0 saturated heterocycles. The number of amides is 2. The van der Waals surface area contributed by atoms with Gasteiger partial charge in [-0.25, -0.2) is 0 Å². The zero-order valence-corrected chi connectivity index (χ0v) is 14.6. The van der Waals surface area contributed by atoms with Crippen LogP contribution in [0.1, 0.15) is 17.5 Å². The number of nitrogens with one attached hydrogen (secondary N) is 2. The third-order valence-corrected chi connectivity index (χ3v) is 3.55. The summed E-state index contributed by atoms with van der Waals surface area (Å²) in [6.07, 6.45) is 0.251. The largest absolute Gasteiger partial charge is 0.459 e. The van der Waals surface area contributed by atoms with Crippen molar-refractivity contribution in [2.45, 2.75) is 13.0 Å². The van der Waals surface area contributed by atoms with Crippen LogP contribution in [0.4, 0.5) is 5.69 Å². The number of benzene rings is 1. The second-order valence-electron chi connectivity index (χ2n) is 4.91. The van der Waals surface area contributed by atoms with Crippen molar-refractivity contribution in [1.82, 2.24) is 5.32 Å². The highest BCUT2D eigenvalue weighted by molar-refractivity contribution is 6.36. The molecule has 2 rings (SSSR count). The molecule has 1 heterocycles. The van der Waals surface area contributed by atoms with Crippen molar-refractivity contribution in [3.8, 4) is 0 Å². The summed E-state index contributed by atoms with van der Waals surface area (Å²) < 4.78 is 9.83. The van der Waals surface area contributed by atoms with Crippen LogP contribution in [0.25, 0.3) is 0 Å². The minimum atomic E-state index is -1.08. The summed E-state index contributed by atoms with van der Waals surface area (Å²) in [4.78, 5) is 35.4. The van der Waals surface area contributed by atoms with Crippen LogP contribution in [0, 0.1) is 0 Å². The highest BCUT2D eigenvalue weighted by Gasteiger charge is 2.19. The first kappa shape index (κ1) is 18.8. The monoisotopic (exact) mass is 384 g/mol. The van der Waals surface area contributed by atoms with Crippen LogP contribution in [0.2, 0.25) is 10.0 Å². The molecule has 25 heavy (non-hydrogen) atoms. The van der Waals surface area contributed by atoms with E-state index in [-0.39, 0.29) is 10.8 Å². The number of esters is 1. The number of furan rings is 1. The number of carbonyl (C=O) groups is 3. The molecule has 0 unspecified atom stereocenters. The molecule has 0 aliphatic rings. The molecule has 0 fully saturated rings. The zero-order valence-electron chi connectivity index (χ0n) is 13.0. The average Bonchev–Trinajstić information content (AvgIpc) is 3.09. The van der Waals surface area contributed by atoms with Crippen LogP contribution < -0.4 is 10.6 Å². The van der Waals surface area contributed by atoms with E-state index in [9.17, 15) is 14.4 Å². The summed E-state index contributed by atoms with van der Waals surface area (Å²) >= 11 is 11.7. The molecule has 0 bridgehead atoms. The summed E-state index contributed by atoms with van der Waals surface area (Å²) in [5.74, 6) is -1.84. The van der Waals surface area contributed by atoms with E-state index in [4.69, 9.17) is 32.4 Å². The second-order valence-corrected chi connectivity index (χ2v) is 5.75. The molecule has 1 aromatic carbocycles. The minimum Gasteiger partial charge on any atom is -0.459 e. The fourth-order valence-electron chi connectivity index (χ4n) is 1.76. The lowest BCUT2D eigenvalue weighted by molar-refractivity contribution is -0.152. The van der Waals surface area contributed by atoms with Gasteiger partial charge < -0.3 is 19.8 Å². The Morgan fingerprint density at radius 1 is 1.24 bits per heavy atom. The van der Waals surface area contributed by atoms with Crippen molar-refractivity contribution in [3.05, 3.63) is 52.4 Å². The molecule has 0 spiro atoms. The van der Waals surface area contributed by atoms with Gasteiger partial charge in [-0.05, 0) is 37.3 Å². The van der Waals surface area contributed by atoms with Gasteiger partial charge >= 0.3 is 5.97 Å². The van der Waals surface area contributed by atoms with Crippen molar-refractivity contribution in [3.63, 3.8) is 0 Å². The van der Waals surface area contributed by atoms with E-state index in [0.717, 1.165) is 0 Å². The lowest BCUT2D eigenvalue weighted by Gasteiger charge is -2.14. The average molecular weight is 385 g/mol. The Labute approximate surface area is 153 Å². The molecule has 0 radical (unpaired) electrons. The quantitative estimate of drug-likeness (QED) is 0.746. The number of ether oxygens (including phenoxy) is 1. The summed E-state index contributed by atoms with van der Waals surface area (Å²) in [5, 5.41) is 5.52. The molecular formula is C16H14Cl2N2O5. The predicted octanol–water partition coefficient (Wildman–Crippen LogP) is 2.89. The Balaban J connectivity index is 1.81. The number of halogens is 2. The number of hydrogen-bond donors (Lipinski definition) is 2. The SMILES string of the molecule is C[C@@H](OC(=O)CNC(=O)c1ccco1)C(=O)Nc1ccc(Cl)cc1Cl. The van der Waals surface area contributed by atoms with Crippen molar-refractivity contribution in [2.24, 2.45) is 0 Å². The Morgan fingerprint density at radius 3 is 2.64 bits per heavy atom. The number of anilines is 1. The molecule has 1 atom stereocenters. The highest BCUT2D eigenvalue weighted by atomic mass is 35.5. The number of rotatable bonds is 6. The van der Waals surface area contributed by atoms with Gasteiger partial charge in [-0.2, -0.15) is 0 Å². The van der Waals surface area contributed by atoms with Gasteiger partial charge in [0.05, 0.1) is 17.0 Å². The summed E-state index contributed by atoms with van der Waals surface area (Å²) in [6.45, 7) is 0.990. The van der Waals surface area contributed by atoms with Gasteiger partial charge in [-0.1, -0.05) is 23.2 Å². The first-order valence-corrected chi connectivity index (χ1v) is 7.89. The Hall–Kier alpha value is -2.51. The molecular weight excluding hydrogens is 371 g/mol. The van der Waals surface area contributed by atoms with Crippen LogP contribution in [0.3, 0.4) is 0 Å². The Morgan fingerprint density at radius 2 is 2.00 bits per heavy atom. The Kier molecular flexibility index (Phi) is 6.44. The topological polar surface area (TPSA) is 97.6 Å². The van der Waals surface area contributed by atoms with E-state index in [1.807, 2.05) is 0 Å². The van der Waals surface area contributed by atoms with E-state index in [0.29, 0.717) is 10.7 Å². The number of hydrogen-bond acceptors (Lipinski definition) is 5. The van der Waals surface area contributed by atoms with Crippen molar-refractivity contribution in [2.75, 3.05) is 11.9 Å². The van der Waals surface area contributed by atoms with Gasteiger partial charge in [0.2, 0.25) is 0 Å². The lowest BCUT2D eigenvalue weighted by Crippen LogP contribution is -2.35. The lowest BCUT2D eigenvalue weighted by atomic mass is 10.3. The predicted molar refractivity (Wildman–Crippen MR) is 91.7 cm³/mol. The van der Waals surface area contributed by atoms with E-state index in [1.165, 1.54) is 31.4 Å². The van der Waals surface area contributed by atoms with Gasteiger partial charge in [0, 0.05) is 5.02 Å². The van der Waals surface area contributed by atoms with Crippen LogP contribution in [0.15, 0.2) is 41.0 Å². The van der Waals surface area contributed by atoms with Gasteiger partial charge in [0.15, 0.2) is 11.9 Å². The first-order chi connectivity index (χ1) is 11.9. The summed E-state index contributed by atoms with van der Waals surface area (Å²) in [5.41, 5.74) is 0.338. The third kappa shape index (κ3) is 5.51. The molecule has 9 heteroatoms. The van der Waals surface area contributed by atoms with E-state index >= 15 is 0 Å². The fourth-order valence-corrected chi connectivity index (χ4v) is 2.22.